The van der Waals surface area contributed by atoms with Gasteiger partial charge in [0.25, 0.3) is 0 Å². The summed E-state index contributed by atoms with van der Waals surface area (Å²) in [4.78, 5) is 29.0. The Morgan fingerprint density at radius 3 is 2.83 bits per heavy atom. The molecule has 0 atom stereocenters. The van der Waals surface area contributed by atoms with Crippen LogP contribution in [0.15, 0.2) is 29.3 Å². The second-order valence-electron chi connectivity index (χ2n) is 5.94. The molecular formula is C17H21N3O3. The fourth-order valence-electron chi connectivity index (χ4n) is 3.20. The number of hydrogen-bond donors (Lipinski definition) is 1. The van der Waals surface area contributed by atoms with E-state index >= 15 is 0 Å². The number of carbonyl (C=O) groups is 1. The van der Waals surface area contributed by atoms with Crippen molar-refractivity contribution in [3.63, 3.8) is 0 Å². The van der Waals surface area contributed by atoms with Gasteiger partial charge >= 0.3 is 5.97 Å². The molecule has 1 fully saturated rings. The first kappa shape index (κ1) is 15.7. The van der Waals surface area contributed by atoms with Crippen molar-refractivity contribution < 1.29 is 9.53 Å². The van der Waals surface area contributed by atoms with Crippen LogP contribution in [0.25, 0.3) is 11.0 Å². The number of ether oxygens (including phenoxy) is 1. The Bertz CT molecular complexity index is 776. The maximum Gasteiger partial charge on any atom is 0.343 e. The van der Waals surface area contributed by atoms with Gasteiger partial charge in [-0.3, -0.25) is 4.79 Å². The SMILES string of the molecule is CCOC(=O)c1cn(C2CCC(N)CC2)c2ncccc2c1=O. The molecule has 2 N–H and O–H groups in total. The van der Waals surface area contributed by atoms with Gasteiger partial charge in [0.2, 0.25) is 5.43 Å². The Morgan fingerprint density at radius 2 is 2.13 bits per heavy atom. The van der Waals surface area contributed by atoms with Gasteiger partial charge in [0, 0.05) is 24.5 Å². The van der Waals surface area contributed by atoms with E-state index in [0.29, 0.717) is 11.0 Å². The lowest BCUT2D eigenvalue weighted by Gasteiger charge is -2.29. The maximum atomic E-state index is 12.6. The highest BCUT2D eigenvalue weighted by Crippen LogP contribution is 2.29. The summed E-state index contributed by atoms with van der Waals surface area (Å²) in [6, 6.07) is 3.84. The first-order chi connectivity index (χ1) is 11.1. The van der Waals surface area contributed by atoms with Gasteiger partial charge in [0.15, 0.2) is 0 Å². The number of nitrogens with zero attached hydrogens (tertiary/aromatic N) is 2. The van der Waals surface area contributed by atoms with Crippen LogP contribution in [0, 0.1) is 0 Å². The molecule has 6 heteroatoms. The molecule has 0 radical (unpaired) electrons. The standard InChI is InChI=1S/C17H21N3O3/c1-2-23-17(22)14-10-20(12-7-5-11(18)6-8-12)16-13(15(14)21)4-3-9-19-16/h3-4,9-12H,2,5-8,18H2,1H3. The molecule has 0 aliphatic heterocycles. The van der Waals surface area contributed by atoms with Crippen molar-refractivity contribution >= 4 is 17.0 Å². The normalized spacial score (nSPS) is 21.3. The van der Waals surface area contributed by atoms with Crippen molar-refractivity contribution in [3.8, 4) is 0 Å². The zero-order valence-corrected chi connectivity index (χ0v) is 13.2. The van der Waals surface area contributed by atoms with E-state index in [1.54, 1.807) is 31.5 Å². The second-order valence-corrected chi connectivity index (χ2v) is 5.94. The Kier molecular flexibility index (Phi) is 4.43. The molecule has 0 aromatic carbocycles. The summed E-state index contributed by atoms with van der Waals surface area (Å²) in [6.45, 7) is 1.96. The van der Waals surface area contributed by atoms with Crippen molar-refractivity contribution in [3.05, 3.63) is 40.3 Å². The van der Waals surface area contributed by atoms with E-state index in [1.807, 2.05) is 4.57 Å². The fraction of sp³-hybridized carbons (Fsp3) is 0.471. The van der Waals surface area contributed by atoms with Crippen molar-refractivity contribution in [1.29, 1.82) is 0 Å². The lowest BCUT2D eigenvalue weighted by atomic mass is 9.91. The van der Waals surface area contributed by atoms with Crippen LogP contribution < -0.4 is 11.2 Å². The number of pyridine rings is 2. The van der Waals surface area contributed by atoms with Crippen molar-refractivity contribution in [2.45, 2.75) is 44.7 Å². The van der Waals surface area contributed by atoms with Crippen molar-refractivity contribution in [2.24, 2.45) is 5.73 Å². The summed E-state index contributed by atoms with van der Waals surface area (Å²) < 4.78 is 6.98. The predicted molar refractivity (Wildman–Crippen MR) is 87.4 cm³/mol. The van der Waals surface area contributed by atoms with Crippen LogP contribution in [0.2, 0.25) is 0 Å². The van der Waals surface area contributed by atoms with E-state index in [0.717, 1.165) is 25.7 Å². The van der Waals surface area contributed by atoms with Gasteiger partial charge in [-0.1, -0.05) is 0 Å². The predicted octanol–water partition coefficient (Wildman–Crippen LogP) is 2.02. The molecule has 0 unspecified atom stereocenters. The van der Waals surface area contributed by atoms with Crippen LogP contribution in [-0.4, -0.2) is 28.2 Å². The van der Waals surface area contributed by atoms with Crippen molar-refractivity contribution in [1.82, 2.24) is 9.55 Å². The molecule has 6 nitrogen and oxygen atoms in total. The summed E-state index contributed by atoms with van der Waals surface area (Å²) >= 11 is 0. The lowest BCUT2D eigenvalue weighted by molar-refractivity contribution is 0.0524. The van der Waals surface area contributed by atoms with Gasteiger partial charge in [0.05, 0.1) is 12.0 Å². The minimum Gasteiger partial charge on any atom is -0.462 e. The molecular weight excluding hydrogens is 294 g/mol. The Labute approximate surface area is 134 Å². The number of esters is 1. The number of aromatic nitrogens is 2. The lowest BCUT2D eigenvalue weighted by Crippen LogP contribution is -2.29. The number of carbonyl (C=O) groups excluding carboxylic acids is 1. The molecule has 0 spiro atoms. The van der Waals surface area contributed by atoms with E-state index < -0.39 is 5.97 Å². The van der Waals surface area contributed by atoms with Crippen LogP contribution in [0.3, 0.4) is 0 Å². The first-order valence-corrected chi connectivity index (χ1v) is 8.04. The molecule has 23 heavy (non-hydrogen) atoms. The third kappa shape index (κ3) is 2.99. The van der Waals surface area contributed by atoms with Crippen molar-refractivity contribution in [2.75, 3.05) is 6.61 Å². The highest BCUT2D eigenvalue weighted by molar-refractivity contribution is 5.93. The van der Waals surface area contributed by atoms with Crippen LogP contribution in [0.5, 0.6) is 0 Å². The molecule has 1 saturated carbocycles. The highest BCUT2D eigenvalue weighted by atomic mass is 16.5. The highest BCUT2D eigenvalue weighted by Gasteiger charge is 2.24. The molecule has 122 valence electrons. The van der Waals surface area contributed by atoms with Crippen LogP contribution in [-0.2, 0) is 4.74 Å². The Hall–Kier alpha value is -2.21. The summed E-state index contributed by atoms with van der Waals surface area (Å²) in [5.74, 6) is -0.579. The quantitative estimate of drug-likeness (QED) is 0.876. The van der Waals surface area contributed by atoms with Gasteiger partial charge in [-0.15, -0.1) is 0 Å². The minimum absolute atomic E-state index is 0.0715. The van der Waals surface area contributed by atoms with Gasteiger partial charge in [-0.25, -0.2) is 9.78 Å². The molecule has 0 saturated heterocycles. The molecule has 2 aromatic rings. The number of rotatable bonds is 3. The number of hydrogen-bond acceptors (Lipinski definition) is 5. The van der Waals surface area contributed by atoms with E-state index in [1.165, 1.54) is 0 Å². The summed E-state index contributed by atoms with van der Waals surface area (Å²) in [6.07, 6.45) is 6.96. The molecule has 0 amide bonds. The Balaban J connectivity index is 2.14. The van der Waals surface area contributed by atoms with Gasteiger partial charge in [-0.05, 0) is 44.7 Å². The largest absolute Gasteiger partial charge is 0.462 e. The smallest absolute Gasteiger partial charge is 0.343 e. The molecule has 1 aliphatic rings. The zero-order valence-electron chi connectivity index (χ0n) is 13.2. The third-order valence-corrected chi connectivity index (χ3v) is 4.42. The number of fused-ring (bicyclic) bond motifs is 1. The molecule has 2 aromatic heterocycles. The summed E-state index contributed by atoms with van der Waals surface area (Å²) in [5, 5.41) is 0.452. The average molecular weight is 315 g/mol. The fourth-order valence-corrected chi connectivity index (χ4v) is 3.20. The first-order valence-electron chi connectivity index (χ1n) is 8.04. The zero-order chi connectivity index (χ0) is 16.4. The monoisotopic (exact) mass is 315 g/mol. The van der Waals surface area contributed by atoms with E-state index in [4.69, 9.17) is 10.5 Å². The minimum atomic E-state index is -0.579. The van der Waals surface area contributed by atoms with Gasteiger partial charge < -0.3 is 15.0 Å². The van der Waals surface area contributed by atoms with Crippen LogP contribution in [0.1, 0.15) is 49.0 Å². The van der Waals surface area contributed by atoms with E-state index in [2.05, 4.69) is 4.98 Å². The summed E-state index contributed by atoms with van der Waals surface area (Å²) in [7, 11) is 0. The molecule has 1 aliphatic carbocycles. The Morgan fingerprint density at radius 1 is 1.39 bits per heavy atom. The second kappa shape index (κ2) is 6.50. The molecule has 0 bridgehead atoms. The van der Waals surface area contributed by atoms with Crippen LogP contribution in [0.4, 0.5) is 0 Å². The molecule has 2 heterocycles. The topological polar surface area (TPSA) is 87.2 Å². The summed E-state index contributed by atoms with van der Waals surface area (Å²) in [5.41, 5.74) is 6.34. The van der Waals surface area contributed by atoms with Gasteiger partial charge in [-0.2, -0.15) is 0 Å². The van der Waals surface area contributed by atoms with Gasteiger partial charge in [0.1, 0.15) is 11.2 Å². The van der Waals surface area contributed by atoms with E-state index in [-0.39, 0.29) is 29.7 Å². The maximum absolute atomic E-state index is 12.6. The average Bonchev–Trinajstić information content (AvgIpc) is 2.57. The van der Waals surface area contributed by atoms with Crippen LogP contribution >= 0.6 is 0 Å². The van der Waals surface area contributed by atoms with E-state index in [9.17, 15) is 9.59 Å². The number of nitrogens with two attached hydrogens (primary N) is 1. The third-order valence-electron chi connectivity index (χ3n) is 4.42. The molecule has 3 rings (SSSR count).